The number of aromatic nitrogens is 3. The molecule has 0 saturated carbocycles. The summed E-state index contributed by atoms with van der Waals surface area (Å²) in [6.07, 6.45) is 1.48. The second-order valence-corrected chi connectivity index (χ2v) is 5.51. The van der Waals surface area contributed by atoms with Gasteiger partial charge in [-0.2, -0.15) is 0 Å². The summed E-state index contributed by atoms with van der Waals surface area (Å²) in [5.41, 5.74) is 0.969. The Balaban J connectivity index is 2.46. The molecule has 0 fully saturated rings. The topological polar surface area (TPSA) is 75.5 Å². The molecule has 1 aromatic heterocycles. The average molecular weight is 366 g/mol. The number of carbonyl (C=O) groups excluding carboxylic acids is 1. The molecule has 0 aliphatic rings. The van der Waals surface area contributed by atoms with Gasteiger partial charge in [0, 0.05) is 14.2 Å². The molecule has 0 unspecified atom stereocenters. The maximum atomic E-state index is 13.1. The molecule has 1 aromatic carbocycles. The molecule has 1 atom stereocenters. The van der Waals surface area contributed by atoms with Crippen LogP contribution in [0.4, 0.5) is 0 Å². The molecule has 0 aliphatic carbocycles. The van der Waals surface area contributed by atoms with Crippen LogP contribution in [0, 0.1) is 0 Å². The molecule has 134 valence electrons. The summed E-state index contributed by atoms with van der Waals surface area (Å²) in [5, 5.41) is 7.76. The lowest BCUT2D eigenvalue weighted by atomic mass is 10.1. The lowest BCUT2D eigenvalue weighted by Crippen LogP contribution is -2.46. The Hall–Kier alpha value is -2.06. The standard InChI is InChI=1S/C17H20ClN3O4/c1-5-11-25-17(23-3,24-4)15(22)14-16(18)19-20-21(14)12(2)13-9-7-6-8-10-13/h5-10,12H,1,11H2,2-4H3/t12-/m1/s1. The highest BCUT2D eigenvalue weighted by Gasteiger charge is 2.45. The van der Waals surface area contributed by atoms with E-state index in [1.54, 1.807) is 0 Å². The van der Waals surface area contributed by atoms with Crippen LogP contribution in [-0.2, 0) is 14.2 Å². The first-order valence-corrected chi connectivity index (χ1v) is 7.94. The number of hydrogen-bond acceptors (Lipinski definition) is 6. The van der Waals surface area contributed by atoms with Crippen molar-refractivity contribution >= 4 is 17.4 Å². The third-order valence-electron chi connectivity index (χ3n) is 3.72. The van der Waals surface area contributed by atoms with Gasteiger partial charge in [-0.25, -0.2) is 4.68 Å². The summed E-state index contributed by atoms with van der Waals surface area (Å²) in [5.74, 6) is -2.61. The fourth-order valence-corrected chi connectivity index (χ4v) is 2.59. The van der Waals surface area contributed by atoms with Crippen LogP contribution in [0.25, 0.3) is 0 Å². The van der Waals surface area contributed by atoms with Crippen molar-refractivity contribution in [3.8, 4) is 0 Å². The zero-order valence-electron chi connectivity index (χ0n) is 14.3. The second-order valence-electron chi connectivity index (χ2n) is 5.15. The molecule has 1 heterocycles. The number of carbonyl (C=O) groups is 1. The molecule has 0 radical (unpaired) electrons. The van der Waals surface area contributed by atoms with Crippen molar-refractivity contribution in [2.45, 2.75) is 18.9 Å². The van der Waals surface area contributed by atoms with Gasteiger partial charge >= 0.3 is 5.97 Å². The van der Waals surface area contributed by atoms with Crippen LogP contribution in [-0.4, -0.2) is 47.6 Å². The number of hydrogen-bond donors (Lipinski definition) is 0. The lowest BCUT2D eigenvalue weighted by Gasteiger charge is -2.28. The largest absolute Gasteiger partial charge is 0.353 e. The van der Waals surface area contributed by atoms with Crippen molar-refractivity contribution in [1.82, 2.24) is 15.0 Å². The fourth-order valence-electron chi connectivity index (χ4n) is 2.38. The van der Waals surface area contributed by atoms with Gasteiger partial charge in [0.15, 0.2) is 10.8 Å². The van der Waals surface area contributed by atoms with E-state index in [0.29, 0.717) is 0 Å². The zero-order chi connectivity index (χ0) is 18.4. The van der Waals surface area contributed by atoms with Crippen molar-refractivity contribution in [3.63, 3.8) is 0 Å². The van der Waals surface area contributed by atoms with Crippen molar-refractivity contribution in [2.24, 2.45) is 0 Å². The molecular weight excluding hydrogens is 346 g/mol. The Labute approximate surface area is 151 Å². The van der Waals surface area contributed by atoms with Crippen molar-refractivity contribution in [1.29, 1.82) is 0 Å². The summed E-state index contributed by atoms with van der Waals surface area (Å²) in [4.78, 5) is 13.1. The van der Waals surface area contributed by atoms with Crippen LogP contribution in [0.15, 0.2) is 43.0 Å². The van der Waals surface area contributed by atoms with Gasteiger partial charge in [0.25, 0.3) is 5.78 Å². The van der Waals surface area contributed by atoms with Gasteiger partial charge < -0.3 is 14.2 Å². The summed E-state index contributed by atoms with van der Waals surface area (Å²) in [6, 6.07) is 9.25. The summed E-state index contributed by atoms with van der Waals surface area (Å²) in [6.45, 7) is 5.47. The monoisotopic (exact) mass is 365 g/mol. The van der Waals surface area contributed by atoms with Gasteiger partial charge in [-0.05, 0) is 12.5 Å². The van der Waals surface area contributed by atoms with Gasteiger partial charge in [-0.15, -0.1) is 11.7 Å². The minimum absolute atomic E-state index is 0.0331. The summed E-state index contributed by atoms with van der Waals surface area (Å²) >= 11 is 6.12. The minimum atomic E-state index is -1.96. The van der Waals surface area contributed by atoms with Crippen molar-refractivity contribution < 1.29 is 19.0 Å². The summed E-state index contributed by atoms with van der Waals surface area (Å²) in [7, 11) is 2.60. The highest BCUT2D eigenvalue weighted by molar-refractivity contribution is 6.32. The van der Waals surface area contributed by atoms with Crippen LogP contribution < -0.4 is 0 Å². The summed E-state index contributed by atoms with van der Waals surface area (Å²) < 4.78 is 17.2. The van der Waals surface area contributed by atoms with E-state index in [2.05, 4.69) is 16.9 Å². The zero-order valence-corrected chi connectivity index (χ0v) is 15.1. The number of nitrogens with zero attached hydrogens (tertiary/aromatic N) is 3. The Bertz CT molecular complexity index is 729. The first-order valence-electron chi connectivity index (χ1n) is 7.56. The number of Topliss-reactive ketones (excluding diaryl/α,β-unsaturated/α-hetero) is 1. The molecule has 2 rings (SSSR count). The highest BCUT2D eigenvalue weighted by atomic mass is 35.5. The van der Waals surface area contributed by atoms with Gasteiger partial charge in [0.05, 0.1) is 12.6 Å². The van der Waals surface area contributed by atoms with E-state index < -0.39 is 11.8 Å². The smallest absolute Gasteiger partial charge is 0.324 e. The quantitative estimate of drug-likeness (QED) is 0.386. The number of benzene rings is 1. The molecule has 2 aromatic rings. The molecule has 8 heteroatoms. The first-order chi connectivity index (χ1) is 12.0. The van der Waals surface area contributed by atoms with Gasteiger partial charge in [0.1, 0.15) is 0 Å². The molecule has 0 bridgehead atoms. The molecule has 25 heavy (non-hydrogen) atoms. The van der Waals surface area contributed by atoms with E-state index in [4.69, 9.17) is 25.8 Å². The molecule has 0 N–H and O–H groups in total. The SMILES string of the molecule is C=CCOC(OC)(OC)C(=O)c1c(Cl)nnn1[C@H](C)c1ccccc1. The van der Waals surface area contributed by atoms with Gasteiger partial charge in [-0.3, -0.25) is 4.79 Å². The van der Waals surface area contributed by atoms with Crippen LogP contribution in [0.5, 0.6) is 0 Å². The molecule has 0 saturated heterocycles. The van der Waals surface area contributed by atoms with Crippen molar-refractivity contribution in [3.05, 3.63) is 59.4 Å². The number of ether oxygens (including phenoxy) is 3. The van der Waals surface area contributed by atoms with Crippen LogP contribution in [0.1, 0.15) is 29.0 Å². The third-order valence-corrected chi connectivity index (χ3v) is 3.98. The minimum Gasteiger partial charge on any atom is -0.324 e. The predicted molar refractivity (Wildman–Crippen MR) is 92.5 cm³/mol. The van der Waals surface area contributed by atoms with Crippen LogP contribution >= 0.6 is 11.6 Å². The normalized spacial score (nSPS) is 12.8. The Morgan fingerprint density at radius 1 is 1.36 bits per heavy atom. The number of halogens is 1. The van der Waals surface area contributed by atoms with Gasteiger partial charge in [0.2, 0.25) is 0 Å². The number of methoxy groups -OCH3 is 2. The van der Waals surface area contributed by atoms with E-state index in [9.17, 15) is 4.79 Å². The van der Waals surface area contributed by atoms with Crippen LogP contribution in [0.2, 0.25) is 5.15 Å². The van der Waals surface area contributed by atoms with E-state index in [1.165, 1.54) is 25.0 Å². The van der Waals surface area contributed by atoms with Crippen LogP contribution in [0.3, 0.4) is 0 Å². The molecular formula is C17H20ClN3O4. The number of rotatable bonds is 9. The van der Waals surface area contributed by atoms with E-state index in [1.807, 2.05) is 37.3 Å². The average Bonchev–Trinajstić information content (AvgIpc) is 3.04. The molecule has 0 spiro atoms. The maximum Gasteiger partial charge on any atom is 0.353 e. The fraction of sp³-hybridized carbons (Fsp3) is 0.353. The Morgan fingerprint density at radius 3 is 2.56 bits per heavy atom. The second kappa shape index (κ2) is 8.35. The maximum absolute atomic E-state index is 13.1. The van der Waals surface area contributed by atoms with Crippen molar-refractivity contribution in [2.75, 3.05) is 20.8 Å². The van der Waals surface area contributed by atoms with E-state index >= 15 is 0 Å². The molecule has 0 aliphatic heterocycles. The Kier molecular flexibility index (Phi) is 6.44. The third kappa shape index (κ3) is 3.80. The molecule has 0 amide bonds. The first kappa shape index (κ1) is 19.3. The Morgan fingerprint density at radius 2 is 2.00 bits per heavy atom. The highest BCUT2D eigenvalue weighted by Crippen LogP contribution is 2.28. The number of ketones is 1. The van der Waals surface area contributed by atoms with E-state index in [-0.39, 0.29) is 23.5 Å². The van der Waals surface area contributed by atoms with E-state index in [0.717, 1.165) is 5.56 Å². The lowest BCUT2D eigenvalue weighted by molar-refractivity contribution is -0.319. The van der Waals surface area contributed by atoms with Gasteiger partial charge in [-0.1, -0.05) is 53.2 Å². The predicted octanol–water partition coefficient (Wildman–Crippen LogP) is 2.87. The molecule has 7 nitrogen and oxygen atoms in total.